The predicted molar refractivity (Wildman–Crippen MR) is 89.6 cm³/mol. The molecule has 3 rings (SSSR count). The quantitative estimate of drug-likeness (QED) is 0.761. The fourth-order valence-corrected chi connectivity index (χ4v) is 2.64. The summed E-state index contributed by atoms with van der Waals surface area (Å²) in [5.41, 5.74) is 3.33. The molecule has 0 bridgehead atoms. The van der Waals surface area contributed by atoms with Crippen molar-refractivity contribution in [2.24, 2.45) is 0 Å². The number of rotatable bonds is 3. The molecule has 0 saturated carbocycles. The molecule has 7 nitrogen and oxygen atoms in total. The van der Waals surface area contributed by atoms with Crippen LogP contribution in [-0.2, 0) is 0 Å². The lowest BCUT2D eigenvalue weighted by molar-refractivity contribution is 0.0696. The first kappa shape index (κ1) is 16.2. The van der Waals surface area contributed by atoms with Gasteiger partial charge in [0.25, 0.3) is 0 Å². The third kappa shape index (κ3) is 2.81. The van der Waals surface area contributed by atoms with Crippen LogP contribution in [-0.4, -0.2) is 30.9 Å². The van der Waals surface area contributed by atoms with Gasteiger partial charge in [-0.1, -0.05) is 6.07 Å². The Labute approximate surface area is 143 Å². The highest BCUT2D eigenvalue weighted by Gasteiger charge is 2.19. The number of carboxylic acids is 1. The standard InChI is InChI=1S/C18H14N4O3/c1-10-7-12(8-19)3-5-14(10)16-11(2)21-22(17(16)23)15-6-4-13(9-20-15)18(24)25/h3-7,9,23H,1-2H3,(H,24,25). The number of hydrogen-bond acceptors (Lipinski definition) is 5. The molecule has 0 unspecified atom stereocenters. The summed E-state index contributed by atoms with van der Waals surface area (Å²) in [6.45, 7) is 3.61. The van der Waals surface area contributed by atoms with E-state index in [-0.39, 0.29) is 11.4 Å². The molecule has 2 aromatic heterocycles. The molecule has 0 aliphatic rings. The third-order valence-corrected chi connectivity index (χ3v) is 3.87. The number of pyridine rings is 1. The lowest BCUT2D eigenvalue weighted by Crippen LogP contribution is -2.02. The molecule has 0 amide bonds. The van der Waals surface area contributed by atoms with Crippen molar-refractivity contribution >= 4 is 5.97 Å². The van der Waals surface area contributed by atoms with E-state index in [1.54, 1.807) is 25.1 Å². The summed E-state index contributed by atoms with van der Waals surface area (Å²) in [5, 5.41) is 32.8. The van der Waals surface area contributed by atoms with Gasteiger partial charge in [0, 0.05) is 6.20 Å². The molecular weight excluding hydrogens is 320 g/mol. The molecule has 0 radical (unpaired) electrons. The molecule has 25 heavy (non-hydrogen) atoms. The first-order chi connectivity index (χ1) is 11.9. The SMILES string of the molecule is Cc1cc(C#N)ccc1-c1c(C)nn(-c2ccc(C(=O)O)cn2)c1O. The first-order valence-corrected chi connectivity index (χ1v) is 7.41. The van der Waals surface area contributed by atoms with E-state index >= 15 is 0 Å². The Morgan fingerprint density at radius 2 is 2.00 bits per heavy atom. The van der Waals surface area contributed by atoms with Crippen LogP contribution in [0.25, 0.3) is 16.9 Å². The van der Waals surface area contributed by atoms with Crippen molar-refractivity contribution in [3.05, 3.63) is 58.9 Å². The molecule has 7 heteroatoms. The van der Waals surface area contributed by atoms with Gasteiger partial charge in [-0.15, -0.1) is 0 Å². The van der Waals surface area contributed by atoms with Crippen LogP contribution in [0, 0.1) is 25.2 Å². The van der Waals surface area contributed by atoms with E-state index in [9.17, 15) is 9.90 Å². The minimum atomic E-state index is -1.08. The van der Waals surface area contributed by atoms with Crippen molar-refractivity contribution < 1.29 is 15.0 Å². The number of aromatic nitrogens is 3. The van der Waals surface area contributed by atoms with Crippen LogP contribution in [0.2, 0.25) is 0 Å². The maximum Gasteiger partial charge on any atom is 0.337 e. The van der Waals surface area contributed by atoms with Crippen molar-refractivity contribution in [2.75, 3.05) is 0 Å². The lowest BCUT2D eigenvalue weighted by atomic mass is 9.99. The Hall–Kier alpha value is -3.66. The summed E-state index contributed by atoms with van der Waals surface area (Å²) in [6.07, 6.45) is 1.21. The van der Waals surface area contributed by atoms with Crippen LogP contribution < -0.4 is 0 Å². The lowest BCUT2D eigenvalue weighted by Gasteiger charge is -2.07. The van der Waals surface area contributed by atoms with E-state index in [0.717, 1.165) is 11.1 Å². The number of carboxylic acid groups (broad SMARTS) is 1. The van der Waals surface area contributed by atoms with Gasteiger partial charge in [0.2, 0.25) is 5.88 Å². The van der Waals surface area contributed by atoms with Crippen LogP contribution in [0.15, 0.2) is 36.5 Å². The van der Waals surface area contributed by atoms with Crippen LogP contribution >= 0.6 is 0 Å². The number of hydrogen-bond donors (Lipinski definition) is 2. The van der Waals surface area contributed by atoms with Crippen molar-refractivity contribution in [1.29, 1.82) is 5.26 Å². The Balaban J connectivity index is 2.10. The van der Waals surface area contributed by atoms with E-state index in [4.69, 9.17) is 10.4 Å². The van der Waals surface area contributed by atoms with Crippen LogP contribution in [0.1, 0.15) is 27.2 Å². The number of nitriles is 1. The molecule has 0 aliphatic heterocycles. The molecular formula is C18H14N4O3. The molecule has 0 fully saturated rings. The zero-order valence-electron chi connectivity index (χ0n) is 13.6. The van der Waals surface area contributed by atoms with Gasteiger partial charge in [0.1, 0.15) is 0 Å². The van der Waals surface area contributed by atoms with Gasteiger partial charge in [-0.3, -0.25) is 0 Å². The average Bonchev–Trinajstić information content (AvgIpc) is 2.89. The zero-order chi connectivity index (χ0) is 18.1. The number of aromatic carboxylic acids is 1. The van der Waals surface area contributed by atoms with E-state index in [1.165, 1.54) is 23.0 Å². The van der Waals surface area contributed by atoms with E-state index in [2.05, 4.69) is 16.2 Å². The number of aryl methyl sites for hydroxylation is 2. The molecule has 0 saturated heterocycles. The van der Waals surface area contributed by atoms with Gasteiger partial charge in [-0.05, 0) is 49.2 Å². The van der Waals surface area contributed by atoms with E-state index in [1.807, 2.05) is 6.92 Å². The highest BCUT2D eigenvalue weighted by Crippen LogP contribution is 2.35. The second-order valence-electron chi connectivity index (χ2n) is 5.55. The summed E-state index contributed by atoms with van der Waals surface area (Å²) in [7, 11) is 0. The molecule has 2 heterocycles. The summed E-state index contributed by atoms with van der Waals surface area (Å²) < 4.78 is 1.26. The van der Waals surface area contributed by atoms with E-state index in [0.29, 0.717) is 22.6 Å². The van der Waals surface area contributed by atoms with Crippen molar-refractivity contribution in [2.45, 2.75) is 13.8 Å². The summed E-state index contributed by atoms with van der Waals surface area (Å²) in [6, 6.07) is 10.1. The van der Waals surface area contributed by atoms with E-state index < -0.39 is 5.97 Å². The van der Waals surface area contributed by atoms with Crippen molar-refractivity contribution in [1.82, 2.24) is 14.8 Å². The van der Waals surface area contributed by atoms with Crippen LogP contribution in [0.3, 0.4) is 0 Å². The Bertz CT molecular complexity index is 1010. The molecule has 3 aromatic rings. The number of nitrogens with zero attached hydrogens (tertiary/aromatic N) is 4. The summed E-state index contributed by atoms with van der Waals surface area (Å²) >= 11 is 0. The highest BCUT2D eigenvalue weighted by molar-refractivity contribution is 5.87. The molecule has 2 N–H and O–H groups in total. The third-order valence-electron chi connectivity index (χ3n) is 3.87. The predicted octanol–water partition coefficient (Wildman–Crippen LogP) is 2.83. The van der Waals surface area contributed by atoms with Gasteiger partial charge in [0.15, 0.2) is 5.82 Å². The normalized spacial score (nSPS) is 10.4. The van der Waals surface area contributed by atoms with Crippen LogP contribution in [0.4, 0.5) is 0 Å². The zero-order valence-corrected chi connectivity index (χ0v) is 13.6. The largest absolute Gasteiger partial charge is 0.493 e. The van der Waals surface area contributed by atoms with Crippen molar-refractivity contribution in [3.63, 3.8) is 0 Å². The second-order valence-corrected chi connectivity index (χ2v) is 5.55. The maximum absolute atomic E-state index is 10.9. The van der Waals surface area contributed by atoms with Gasteiger partial charge in [-0.2, -0.15) is 15.0 Å². The maximum atomic E-state index is 10.9. The Morgan fingerprint density at radius 3 is 2.56 bits per heavy atom. The van der Waals surface area contributed by atoms with Gasteiger partial charge in [0.05, 0.1) is 28.5 Å². The minimum Gasteiger partial charge on any atom is -0.493 e. The molecule has 0 spiro atoms. The minimum absolute atomic E-state index is 0.0512. The number of carbonyl (C=O) groups is 1. The summed E-state index contributed by atoms with van der Waals surface area (Å²) in [5.74, 6) is -0.863. The monoisotopic (exact) mass is 334 g/mol. The van der Waals surface area contributed by atoms with Gasteiger partial charge >= 0.3 is 5.97 Å². The fourth-order valence-electron chi connectivity index (χ4n) is 2.64. The summed E-state index contributed by atoms with van der Waals surface area (Å²) in [4.78, 5) is 15.0. The number of aromatic hydroxyl groups is 1. The topological polar surface area (TPSA) is 112 Å². The van der Waals surface area contributed by atoms with Crippen LogP contribution in [0.5, 0.6) is 5.88 Å². The van der Waals surface area contributed by atoms with Crippen molar-refractivity contribution in [3.8, 4) is 28.9 Å². The highest BCUT2D eigenvalue weighted by atomic mass is 16.4. The fraction of sp³-hybridized carbons (Fsp3) is 0.111. The van der Waals surface area contributed by atoms with Gasteiger partial charge in [-0.25, -0.2) is 9.78 Å². The Morgan fingerprint density at radius 1 is 1.24 bits per heavy atom. The van der Waals surface area contributed by atoms with Gasteiger partial charge < -0.3 is 10.2 Å². The molecule has 0 aliphatic carbocycles. The molecule has 1 aromatic carbocycles. The molecule has 124 valence electrons. The Kier molecular flexibility index (Phi) is 3.95. The molecule has 0 atom stereocenters. The smallest absolute Gasteiger partial charge is 0.337 e. The second kappa shape index (κ2) is 6.09. The average molecular weight is 334 g/mol. The first-order valence-electron chi connectivity index (χ1n) is 7.41. The number of benzene rings is 1.